The third-order valence-corrected chi connectivity index (χ3v) is 5.52. The van der Waals surface area contributed by atoms with Gasteiger partial charge in [-0.2, -0.15) is 0 Å². The highest BCUT2D eigenvalue weighted by atomic mass is 79.9. The van der Waals surface area contributed by atoms with Gasteiger partial charge in [0.15, 0.2) is 11.2 Å². The highest BCUT2D eigenvalue weighted by Crippen LogP contribution is 2.19. The van der Waals surface area contributed by atoms with E-state index >= 15 is 0 Å². The lowest BCUT2D eigenvalue weighted by molar-refractivity contribution is 0.0608. The summed E-state index contributed by atoms with van der Waals surface area (Å²) in [7, 11) is 0. The molecule has 6 nitrogen and oxygen atoms in total. The molecule has 1 aliphatic rings. The standard InChI is InChI=1S/C21H20BrN3O3/c22-16-1-2-17-18(26)14-20(28-19(17)13-16)21(27)25-11-9-24(10-12-25)8-5-15-3-6-23-7-4-15/h1-4,6-7,13-14H,5,8-12H2. The van der Waals surface area contributed by atoms with Crippen LogP contribution >= 0.6 is 15.9 Å². The van der Waals surface area contributed by atoms with Gasteiger partial charge in [0, 0.05) is 55.7 Å². The normalized spacial score (nSPS) is 15.1. The molecule has 2 aromatic heterocycles. The largest absolute Gasteiger partial charge is 0.451 e. The molecule has 0 bridgehead atoms. The summed E-state index contributed by atoms with van der Waals surface area (Å²) < 4.78 is 6.53. The van der Waals surface area contributed by atoms with Crippen molar-refractivity contribution >= 4 is 32.8 Å². The van der Waals surface area contributed by atoms with Gasteiger partial charge in [-0.25, -0.2) is 0 Å². The number of amides is 1. The Morgan fingerprint density at radius 1 is 1.07 bits per heavy atom. The number of benzene rings is 1. The molecule has 0 unspecified atom stereocenters. The molecular weight excluding hydrogens is 422 g/mol. The Morgan fingerprint density at radius 2 is 1.82 bits per heavy atom. The van der Waals surface area contributed by atoms with Crippen LogP contribution in [0.2, 0.25) is 0 Å². The lowest BCUT2D eigenvalue weighted by Crippen LogP contribution is -2.49. The van der Waals surface area contributed by atoms with Crippen LogP contribution in [0.25, 0.3) is 11.0 Å². The summed E-state index contributed by atoms with van der Waals surface area (Å²) in [6.07, 6.45) is 4.58. The molecule has 0 spiro atoms. The van der Waals surface area contributed by atoms with Crippen LogP contribution in [-0.4, -0.2) is 53.4 Å². The van der Waals surface area contributed by atoms with Gasteiger partial charge in [0.05, 0.1) is 5.39 Å². The van der Waals surface area contributed by atoms with Crippen LogP contribution < -0.4 is 5.43 Å². The number of piperazine rings is 1. The van der Waals surface area contributed by atoms with Crippen molar-refractivity contribution in [3.63, 3.8) is 0 Å². The minimum atomic E-state index is -0.229. The minimum Gasteiger partial charge on any atom is -0.451 e. The van der Waals surface area contributed by atoms with Crippen LogP contribution in [-0.2, 0) is 6.42 Å². The molecule has 0 saturated carbocycles. The fraction of sp³-hybridized carbons (Fsp3) is 0.286. The lowest BCUT2D eigenvalue weighted by Gasteiger charge is -2.34. The van der Waals surface area contributed by atoms with Crippen LogP contribution in [0.15, 0.2) is 62.5 Å². The molecule has 3 aromatic rings. The topological polar surface area (TPSA) is 66.7 Å². The molecule has 144 valence electrons. The van der Waals surface area contributed by atoms with E-state index in [0.717, 1.165) is 30.5 Å². The summed E-state index contributed by atoms with van der Waals surface area (Å²) in [6, 6.07) is 10.5. The number of nitrogens with zero attached hydrogens (tertiary/aromatic N) is 3. The molecule has 1 saturated heterocycles. The molecule has 7 heteroatoms. The zero-order valence-corrected chi connectivity index (χ0v) is 16.9. The lowest BCUT2D eigenvalue weighted by atomic mass is 10.2. The van der Waals surface area contributed by atoms with Crippen molar-refractivity contribution in [2.75, 3.05) is 32.7 Å². The van der Waals surface area contributed by atoms with Crippen molar-refractivity contribution in [2.24, 2.45) is 0 Å². The van der Waals surface area contributed by atoms with E-state index in [0.29, 0.717) is 24.1 Å². The maximum atomic E-state index is 12.8. The summed E-state index contributed by atoms with van der Waals surface area (Å²) >= 11 is 3.37. The number of hydrogen-bond donors (Lipinski definition) is 0. The van der Waals surface area contributed by atoms with Gasteiger partial charge in [0.1, 0.15) is 5.58 Å². The molecule has 4 rings (SSSR count). The Hall–Kier alpha value is -2.51. The first-order valence-electron chi connectivity index (χ1n) is 9.24. The highest BCUT2D eigenvalue weighted by Gasteiger charge is 2.24. The Labute approximate surface area is 170 Å². The smallest absolute Gasteiger partial charge is 0.289 e. The number of pyridine rings is 1. The maximum absolute atomic E-state index is 12.8. The van der Waals surface area contributed by atoms with E-state index in [1.54, 1.807) is 23.1 Å². The van der Waals surface area contributed by atoms with Crippen molar-refractivity contribution < 1.29 is 9.21 Å². The predicted molar refractivity (Wildman–Crippen MR) is 110 cm³/mol. The molecule has 0 atom stereocenters. The average Bonchev–Trinajstić information content (AvgIpc) is 2.72. The number of carbonyl (C=O) groups is 1. The fourth-order valence-corrected chi connectivity index (χ4v) is 3.74. The van der Waals surface area contributed by atoms with E-state index in [1.807, 2.05) is 24.5 Å². The second-order valence-electron chi connectivity index (χ2n) is 6.85. The summed E-state index contributed by atoms with van der Waals surface area (Å²) in [5.74, 6) is -0.131. The summed E-state index contributed by atoms with van der Waals surface area (Å²) in [5, 5.41) is 0.473. The third-order valence-electron chi connectivity index (χ3n) is 5.03. The van der Waals surface area contributed by atoms with Gasteiger partial charge in [-0.05, 0) is 42.3 Å². The Balaban J connectivity index is 1.40. The van der Waals surface area contributed by atoms with Gasteiger partial charge in [0.2, 0.25) is 0 Å². The second-order valence-corrected chi connectivity index (χ2v) is 7.77. The zero-order chi connectivity index (χ0) is 19.5. The summed E-state index contributed by atoms with van der Waals surface area (Å²) in [5.41, 5.74) is 1.48. The highest BCUT2D eigenvalue weighted by molar-refractivity contribution is 9.10. The molecule has 0 aliphatic carbocycles. The van der Waals surface area contributed by atoms with E-state index < -0.39 is 0 Å². The van der Waals surface area contributed by atoms with Gasteiger partial charge in [-0.15, -0.1) is 0 Å². The fourth-order valence-electron chi connectivity index (χ4n) is 3.40. The molecule has 1 aromatic carbocycles. The van der Waals surface area contributed by atoms with E-state index in [9.17, 15) is 9.59 Å². The Morgan fingerprint density at radius 3 is 2.57 bits per heavy atom. The monoisotopic (exact) mass is 441 g/mol. The zero-order valence-electron chi connectivity index (χ0n) is 15.3. The van der Waals surface area contributed by atoms with Crippen molar-refractivity contribution in [1.82, 2.24) is 14.8 Å². The van der Waals surface area contributed by atoms with Gasteiger partial charge in [-0.1, -0.05) is 15.9 Å². The van der Waals surface area contributed by atoms with Gasteiger partial charge in [0.25, 0.3) is 5.91 Å². The van der Waals surface area contributed by atoms with E-state index in [2.05, 4.69) is 25.8 Å². The van der Waals surface area contributed by atoms with Crippen molar-refractivity contribution in [3.05, 3.63) is 74.8 Å². The van der Waals surface area contributed by atoms with Crippen LogP contribution in [0.4, 0.5) is 0 Å². The number of aromatic nitrogens is 1. The van der Waals surface area contributed by atoms with Gasteiger partial charge in [-0.3, -0.25) is 19.5 Å². The number of carbonyl (C=O) groups excluding carboxylic acids is 1. The first kappa shape index (κ1) is 18.8. The number of hydrogen-bond acceptors (Lipinski definition) is 5. The predicted octanol–water partition coefficient (Wildman–Crippen LogP) is 2.95. The first-order valence-corrected chi connectivity index (χ1v) is 10.0. The molecular formula is C21H20BrN3O3. The second kappa shape index (κ2) is 8.24. The van der Waals surface area contributed by atoms with Crippen LogP contribution in [0.1, 0.15) is 16.1 Å². The van der Waals surface area contributed by atoms with Gasteiger partial charge < -0.3 is 9.32 Å². The van der Waals surface area contributed by atoms with Crippen LogP contribution in [0.3, 0.4) is 0 Å². The maximum Gasteiger partial charge on any atom is 0.289 e. The summed E-state index contributed by atoms with van der Waals surface area (Å²) in [6.45, 7) is 3.80. The SMILES string of the molecule is O=C(c1cc(=O)c2ccc(Br)cc2o1)N1CCN(CCc2ccncc2)CC1. The minimum absolute atomic E-state index is 0.0980. The quantitative estimate of drug-likeness (QED) is 0.622. The molecule has 1 amide bonds. The molecule has 0 radical (unpaired) electrons. The van der Waals surface area contributed by atoms with Crippen molar-refractivity contribution in [1.29, 1.82) is 0 Å². The molecule has 1 fully saturated rings. The number of halogens is 1. The number of rotatable bonds is 4. The molecule has 0 N–H and O–H groups in total. The van der Waals surface area contributed by atoms with E-state index in [4.69, 9.17) is 4.42 Å². The van der Waals surface area contributed by atoms with Crippen molar-refractivity contribution in [3.8, 4) is 0 Å². The summed E-state index contributed by atoms with van der Waals surface area (Å²) in [4.78, 5) is 33.3. The van der Waals surface area contributed by atoms with Gasteiger partial charge >= 0.3 is 0 Å². The Kier molecular flexibility index (Phi) is 5.54. The van der Waals surface area contributed by atoms with Crippen LogP contribution in [0.5, 0.6) is 0 Å². The third kappa shape index (κ3) is 4.15. The Bertz CT molecular complexity index is 1040. The van der Waals surface area contributed by atoms with Crippen LogP contribution in [0, 0.1) is 0 Å². The molecule has 28 heavy (non-hydrogen) atoms. The number of fused-ring (bicyclic) bond motifs is 1. The van der Waals surface area contributed by atoms with Crippen molar-refractivity contribution in [2.45, 2.75) is 6.42 Å². The van der Waals surface area contributed by atoms with E-state index in [-0.39, 0.29) is 17.1 Å². The van der Waals surface area contributed by atoms with E-state index in [1.165, 1.54) is 11.6 Å². The average molecular weight is 442 g/mol. The molecule has 3 heterocycles. The first-order chi connectivity index (χ1) is 13.6. The molecule has 1 aliphatic heterocycles.